The van der Waals surface area contributed by atoms with Gasteiger partial charge in [0.15, 0.2) is 0 Å². The Morgan fingerprint density at radius 2 is 1.80 bits per heavy atom. The largest absolute Gasteiger partial charge is 0.410 e. The molecule has 0 radical (unpaired) electrons. The Kier molecular flexibility index (Phi) is 8.01. The van der Waals surface area contributed by atoms with E-state index in [-0.39, 0.29) is 43.0 Å². The number of carbonyl (C=O) groups excluding carboxylic acids is 2. The second-order valence-electron chi connectivity index (χ2n) is 11.5. The summed E-state index contributed by atoms with van der Waals surface area (Å²) in [6, 6.07) is -2.36. The van der Waals surface area contributed by atoms with Gasteiger partial charge < -0.3 is 15.5 Å². The molecular formula is C25H40F4N4O2. The first-order chi connectivity index (χ1) is 16.5. The molecule has 0 aromatic heterocycles. The molecular weight excluding hydrogens is 464 g/mol. The highest BCUT2D eigenvalue weighted by Gasteiger charge is 2.50. The van der Waals surface area contributed by atoms with Gasteiger partial charge >= 0.3 is 6.18 Å². The summed E-state index contributed by atoms with van der Waals surface area (Å²) in [4.78, 5) is 28.3. The lowest BCUT2D eigenvalue weighted by Gasteiger charge is -2.47. The first-order valence-corrected chi connectivity index (χ1v) is 13.3. The number of nitrogens with zero attached hydrogens (tertiary/aromatic N) is 2. The van der Waals surface area contributed by atoms with Gasteiger partial charge in [0.2, 0.25) is 11.8 Å². The number of carbonyl (C=O) groups is 2. The summed E-state index contributed by atoms with van der Waals surface area (Å²) in [6.07, 6.45) is -0.496. The standard InChI is InChI=1S/C25H40F4N4O2/c1-14(2)24(35)33-10-9-32(13-21(33)25(27,28)29)17-6-4-5-16(11-17)30-23(34)20-12-18-19(26)8-7-15(3)22(18)31-20/h14-22,31H,4-13H2,1-3H3,(H,30,34)/t15?,16-,17+,18?,19?,20?,21+,22?/m1/s1. The summed E-state index contributed by atoms with van der Waals surface area (Å²) in [5.74, 6) is -0.853. The zero-order valence-electron chi connectivity index (χ0n) is 21.0. The van der Waals surface area contributed by atoms with Gasteiger partial charge in [-0.2, -0.15) is 13.2 Å². The molecule has 0 aromatic carbocycles. The summed E-state index contributed by atoms with van der Waals surface area (Å²) in [5, 5.41) is 6.47. The lowest BCUT2D eigenvalue weighted by Crippen LogP contribution is -2.63. The van der Waals surface area contributed by atoms with Crippen LogP contribution in [-0.4, -0.2) is 83.8 Å². The van der Waals surface area contributed by atoms with E-state index >= 15 is 0 Å². The van der Waals surface area contributed by atoms with E-state index in [1.807, 2.05) is 4.90 Å². The van der Waals surface area contributed by atoms with Crippen LogP contribution in [0, 0.1) is 17.8 Å². The fourth-order valence-electron chi connectivity index (χ4n) is 6.74. The normalized spacial score (nSPS) is 38.9. The van der Waals surface area contributed by atoms with Crippen molar-refractivity contribution in [2.45, 2.75) is 108 Å². The van der Waals surface area contributed by atoms with Crippen LogP contribution in [-0.2, 0) is 9.59 Å². The molecule has 2 amide bonds. The fraction of sp³-hybridized carbons (Fsp3) is 0.920. The van der Waals surface area contributed by atoms with Crippen molar-refractivity contribution < 1.29 is 27.2 Å². The quantitative estimate of drug-likeness (QED) is 0.577. The van der Waals surface area contributed by atoms with Crippen molar-refractivity contribution in [2.75, 3.05) is 19.6 Å². The van der Waals surface area contributed by atoms with E-state index in [0.29, 0.717) is 31.7 Å². The predicted molar refractivity (Wildman–Crippen MR) is 124 cm³/mol. The van der Waals surface area contributed by atoms with Crippen molar-refractivity contribution >= 4 is 11.8 Å². The second-order valence-corrected chi connectivity index (χ2v) is 11.5. The van der Waals surface area contributed by atoms with E-state index < -0.39 is 36.3 Å². The van der Waals surface area contributed by atoms with Gasteiger partial charge in [0.25, 0.3) is 0 Å². The molecule has 0 spiro atoms. The molecule has 0 bridgehead atoms. The van der Waals surface area contributed by atoms with Crippen LogP contribution in [0.2, 0.25) is 0 Å². The van der Waals surface area contributed by atoms with Crippen LogP contribution in [0.3, 0.4) is 0 Å². The molecule has 4 fully saturated rings. The van der Waals surface area contributed by atoms with E-state index in [0.717, 1.165) is 30.6 Å². The Balaban J connectivity index is 1.34. The molecule has 2 N–H and O–H groups in total. The summed E-state index contributed by atoms with van der Waals surface area (Å²) >= 11 is 0. The van der Waals surface area contributed by atoms with Gasteiger partial charge in [0.05, 0.1) is 6.04 Å². The van der Waals surface area contributed by atoms with Crippen molar-refractivity contribution in [1.82, 2.24) is 20.4 Å². The maximum Gasteiger partial charge on any atom is 0.410 e. The van der Waals surface area contributed by atoms with Gasteiger partial charge in [0, 0.05) is 49.6 Å². The number of piperazine rings is 1. The van der Waals surface area contributed by atoms with Crippen LogP contribution in [0.4, 0.5) is 17.6 Å². The van der Waals surface area contributed by atoms with E-state index in [2.05, 4.69) is 17.6 Å². The number of nitrogens with one attached hydrogen (secondary N) is 2. The minimum atomic E-state index is -4.48. The number of alkyl halides is 4. The second kappa shape index (κ2) is 10.5. The Labute approximate surface area is 205 Å². The molecule has 5 unspecified atom stereocenters. The third kappa shape index (κ3) is 5.78. The third-order valence-electron chi connectivity index (χ3n) is 8.73. The molecule has 10 heteroatoms. The Morgan fingerprint density at radius 1 is 1.06 bits per heavy atom. The van der Waals surface area contributed by atoms with Gasteiger partial charge in [-0.3, -0.25) is 14.5 Å². The van der Waals surface area contributed by atoms with Gasteiger partial charge in [-0.15, -0.1) is 0 Å². The minimum Gasteiger partial charge on any atom is -0.352 e. The summed E-state index contributed by atoms with van der Waals surface area (Å²) in [5.41, 5.74) is 0. The van der Waals surface area contributed by atoms with E-state index in [1.165, 1.54) is 0 Å². The molecule has 2 saturated carbocycles. The number of amides is 2. The van der Waals surface area contributed by atoms with Crippen molar-refractivity contribution in [1.29, 1.82) is 0 Å². The van der Waals surface area contributed by atoms with Gasteiger partial charge in [-0.1, -0.05) is 20.8 Å². The highest BCUT2D eigenvalue weighted by Crippen LogP contribution is 2.39. The minimum absolute atomic E-state index is 0.0257. The Bertz CT molecular complexity index is 761. The molecule has 4 rings (SSSR count). The Morgan fingerprint density at radius 3 is 2.46 bits per heavy atom. The number of fused-ring (bicyclic) bond motifs is 1. The maximum atomic E-state index is 14.4. The molecule has 8 atom stereocenters. The van der Waals surface area contributed by atoms with Crippen molar-refractivity contribution in [3.63, 3.8) is 0 Å². The maximum absolute atomic E-state index is 14.4. The van der Waals surface area contributed by atoms with E-state index in [1.54, 1.807) is 13.8 Å². The number of halogens is 4. The van der Waals surface area contributed by atoms with E-state index in [9.17, 15) is 27.2 Å². The van der Waals surface area contributed by atoms with Gasteiger partial charge in [-0.05, 0) is 50.9 Å². The van der Waals surface area contributed by atoms with Gasteiger partial charge in [-0.25, -0.2) is 4.39 Å². The monoisotopic (exact) mass is 504 g/mol. The summed E-state index contributed by atoms with van der Waals surface area (Å²) in [6.45, 7) is 5.59. The SMILES string of the molecule is CC(C)C(=O)N1CCN([C@H]2CCC[C@@H](NC(=O)C3CC4C(F)CCC(C)C4N3)C2)C[C@H]1C(F)(F)F. The molecule has 200 valence electrons. The van der Waals surface area contributed by atoms with E-state index in [4.69, 9.17) is 0 Å². The average molecular weight is 505 g/mol. The Hall–Kier alpha value is -1.42. The molecule has 2 heterocycles. The molecule has 0 aromatic rings. The molecule has 2 aliphatic carbocycles. The van der Waals surface area contributed by atoms with Gasteiger partial charge in [0.1, 0.15) is 12.2 Å². The summed E-state index contributed by atoms with van der Waals surface area (Å²) in [7, 11) is 0. The summed E-state index contributed by atoms with van der Waals surface area (Å²) < 4.78 is 56.0. The predicted octanol–water partition coefficient (Wildman–Crippen LogP) is 3.26. The zero-order chi connectivity index (χ0) is 25.5. The molecule has 2 saturated heterocycles. The van der Waals surface area contributed by atoms with Crippen LogP contribution in [0.25, 0.3) is 0 Å². The van der Waals surface area contributed by atoms with Crippen molar-refractivity contribution in [3.8, 4) is 0 Å². The van der Waals surface area contributed by atoms with Crippen LogP contribution in [0.15, 0.2) is 0 Å². The highest BCUT2D eigenvalue weighted by atomic mass is 19.4. The molecule has 2 aliphatic heterocycles. The van der Waals surface area contributed by atoms with Crippen LogP contribution in [0.1, 0.15) is 65.7 Å². The lowest BCUT2D eigenvalue weighted by molar-refractivity contribution is -0.204. The van der Waals surface area contributed by atoms with Crippen LogP contribution >= 0.6 is 0 Å². The number of rotatable bonds is 4. The first-order valence-electron chi connectivity index (χ1n) is 13.3. The smallest absolute Gasteiger partial charge is 0.352 e. The van der Waals surface area contributed by atoms with Crippen LogP contribution < -0.4 is 10.6 Å². The first kappa shape index (κ1) is 26.6. The molecule has 35 heavy (non-hydrogen) atoms. The van der Waals surface area contributed by atoms with Crippen LogP contribution in [0.5, 0.6) is 0 Å². The third-order valence-corrected chi connectivity index (χ3v) is 8.73. The molecule has 6 nitrogen and oxygen atoms in total. The lowest BCUT2D eigenvalue weighted by atomic mass is 9.77. The fourth-order valence-corrected chi connectivity index (χ4v) is 6.74. The topological polar surface area (TPSA) is 64.7 Å². The number of hydrogen-bond donors (Lipinski definition) is 2. The van der Waals surface area contributed by atoms with Crippen molar-refractivity contribution in [3.05, 3.63) is 0 Å². The average Bonchev–Trinajstić information content (AvgIpc) is 3.27. The number of hydrogen-bond acceptors (Lipinski definition) is 4. The van der Waals surface area contributed by atoms with Crippen molar-refractivity contribution in [2.24, 2.45) is 17.8 Å². The molecule has 4 aliphatic rings. The highest BCUT2D eigenvalue weighted by molar-refractivity contribution is 5.82. The zero-order valence-corrected chi connectivity index (χ0v) is 21.0.